The van der Waals surface area contributed by atoms with Gasteiger partial charge >= 0.3 is 0 Å². The second-order valence-electron chi connectivity index (χ2n) is 5.44. The van der Waals surface area contributed by atoms with Crippen LogP contribution in [0.3, 0.4) is 0 Å². The SMILES string of the molecule is Cc1cc(OC(C)C)ccc1N1CCC(N)CC1. The molecular formula is C15H24N2O. The molecule has 0 radical (unpaired) electrons. The molecule has 0 bridgehead atoms. The average molecular weight is 248 g/mol. The fraction of sp³-hybridized carbons (Fsp3) is 0.600. The number of ether oxygens (including phenoxy) is 1. The van der Waals surface area contributed by atoms with Crippen LogP contribution in [0.4, 0.5) is 5.69 Å². The van der Waals surface area contributed by atoms with E-state index >= 15 is 0 Å². The molecule has 1 aliphatic rings. The van der Waals surface area contributed by atoms with Crippen molar-refractivity contribution in [2.45, 2.75) is 45.8 Å². The Balaban J connectivity index is 2.09. The molecule has 1 aromatic rings. The van der Waals surface area contributed by atoms with Crippen molar-refractivity contribution in [3.63, 3.8) is 0 Å². The zero-order valence-electron chi connectivity index (χ0n) is 11.6. The van der Waals surface area contributed by atoms with E-state index in [2.05, 4.69) is 43.9 Å². The maximum absolute atomic E-state index is 5.95. The molecule has 0 atom stereocenters. The van der Waals surface area contributed by atoms with Crippen molar-refractivity contribution in [2.24, 2.45) is 5.73 Å². The molecule has 0 aliphatic carbocycles. The third-order valence-electron chi connectivity index (χ3n) is 3.42. The summed E-state index contributed by atoms with van der Waals surface area (Å²) in [4.78, 5) is 2.43. The molecule has 1 saturated heterocycles. The van der Waals surface area contributed by atoms with Gasteiger partial charge in [-0.15, -0.1) is 0 Å². The molecule has 1 heterocycles. The van der Waals surface area contributed by atoms with Gasteiger partial charge in [0.15, 0.2) is 0 Å². The fourth-order valence-corrected chi connectivity index (χ4v) is 2.47. The summed E-state index contributed by atoms with van der Waals surface area (Å²) in [5.41, 5.74) is 8.54. The van der Waals surface area contributed by atoms with Crippen LogP contribution in [0.5, 0.6) is 5.75 Å². The molecule has 0 saturated carbocycles. The van der Waals surface area contributed by atoms with Gasteiger partial charge in [0.2, 0.25) is 0 Å². The van der Waals surface area contributed by atoms with Crippen LogP contribution < -0.4 is 15.4 Å². The van der Waals surface area contributed by atoms with E-state index in [4.69, 9.17) is 10.5 Å². The van der Waals surface area contributed by atoms with Gasteiger partial charge in [0.25, 0.3) is 0 Å². The number of piperidine rings is 1. The Morgan fingerprint density at radius 3 is 2.50 bits per heavy atom. The van der Waals surface area contributed by atoms with E-state index in [1.54, 1.807) is 0 Å². The van der Waals surface area contributed by atoms with Crippen LogP contribution >= 0.6 is 0 Å². The fourth-order valence-electron chi connectivity index (χ4n) is 2.47. The van der Waals surface area contributed by atoms with Gasteiger partial charge in [0, 0.05) is 24.8 Å². The number of anilines is 1. The van der Waals surface area contributed by atoms with Gasteiger partial charge < -0.3 is 15.4 Å². The summed E-state index contributed by atoms with van der Waals surface area (Å²) in [6.45, 7) is 8.38. The van der Waals surface area contributed by atoms with Crippen LogP contribution in [-0.4, -0.2) is 25.2 Å². The van der Waals surface area contributed by atoms with E-state index in [0.717, 1.165) is 31.7 Å². The highest BCUT2D eigenvalue weighted by molar-refractivity contribution is 5.56. The Kier molecular flexibility index (Phi) is 4.12. The first-order valence-electron chi connectivity index (χ1n) is 6.84. The summed E-state index contributed by atoms with van der Waals surface area (Å²) in [6.07, 6.45) is 2.40. The summed E-state index contributed by atoms with van der Waals surface area (Å²) in [6, 6.07) is 6.75. The maximum Gasteiger partial charge on any atom is 0.120 e. The molecule has 18 heavy (non-hydrogen) atoms. The Morgan fingerprint density at radius 2 is 1.94 bits per heavy atom. The van der Waals surface area contributed by atoms with E-state index in [0.29, 0.717) is 6.04 Å². The highest BCUT2D eigenvalue weighted by atomic mass is 16.5. The second kappa shape index (κ2) is 5.61. The monoisotopic (exact) mass is 248 g/mol. The molecule has 0 aromatic heterocycles. The van der Waals surface area contributed by atoms with E-state index in [1.165, 1.54) is 11.3 Å². The van der Waals surface area contributed by atoms with Crippen LogP contribution in [0.2, 0.25) is 0 Å². The first kappa shape index (κ1) is 13.2. The highest BCUT2D eigenvalue weighted by Crippen LogP contribution is 2.27. The lowest BCUT2D eigenvalue weighted by Gasteiger charge is -2.33. The Morgan fingerprint density at radius 1 is 1.28 bits per heavy atom. The van der Waals surface area contributed by atoms with Gasteiger partial charge in [-0.3, -0.25) is 0 Å². The quantitative estimate of drug-likeness (QED) is 0.894. The van der Waals surface area contributed by atoms with Crippen LogP contribution in [-0.2, 0) is 0 Å². The predicted octanol–water partition coefficient (Wildman–Crippen LogP) is 2.71. The summed E-state index contributed by atoms with van der Waals surface area (Å²) >= 11 is 0. The van der Waals surface area contributed by atoms with Gasteiger partial charge in [0.05, 0.1) is 6.10 Å². The van der Waals surface area contributed by atoms with Crippen LogP contribution in [0.15, 0.2) is 18.2 Å². The molecule has 1 fully saturated rings. The smallest absolute Gasteiger partial charge is 0.120 e. The van der Waals surface area contributed by atoms with Crippen molar-refractivity contribution in [3.05, 3.63) is 23.8 Å². The number of hydrogen-bond acceptors (Lipinski definition) is 3. The third kappa shape index (κ3) is 3.16. The predicted molar refractivity (Wildman–Crippen MR) is 76.4 cm³/mol. The van der Waals surface area contributed by atoms with Crippen molar-refractivity contribution in [1.29, 1.82) is 0 Å². The maximum atomic E-state index is 5.95. The van der Waals surface area contributed by atoms with Gasteiger partial charge in [-0.25, -0.2) is 0 Å². The largest absolute Gasteiger partial charge is 0.491 e. The lowest BCUT2D eigenvalue weighted by Crippen LogP contribution is -2.39. The number of aryl methyl sites for hydroxylation is 1. The van der Waals surface area contributed by atoms with Crippen LogP contribution in [0.25, 0.3) is 0 Å². The molecular weight excluding hydrogens is 224 g/mol. The van der Waals surface area contributed by atoms with Gasteiger partial charge in [-0.05, 0) is 57.4 Å². The first-order valence-corrected chi connectivity index (χ1v) is 6.84. The zero-order valence-corrected chi connectivity index (χ0v) is 11.6. The van der Waals surface area contributed by atoms with E-state index in [-0.39, 0.29) is 6.10 Å². The first-order chi connectivity index (χ1) is 8.56. The number of nitrogens with zero attached hydrogens (tertiary/aromatic N) is 1. The molecule has 100 valence electrons. The van der Waals surface area contributed by atoms with Crippen LogP contribution in [0, 0.1) is 6.92 Å². The minimum Gasteiger partial charge on any atom is -0.491 e. The van der Waals surface area contributed by atoms with E-state index in [9.17, 15) is 0 Å². The van der Waals surface area contributed by atoms with Crippen LogP contribution in [0.1, 0.15) is 32.3 Å². The van der Waals surface area contributed by atoms with Crippen molar-refractivity contribution < 1.29 is 4.74 Å². The van der Waals surface area contributed by atoms with Crippen molar-refractivity contribution in [3.8, 4) is 5.75 Å². The summed E-state index contributed by atoms with van der Waals surface area (Å²) < 4.78 is 5.72. The van der Waals surface area contributed by atoms with E-state index in [1.807, 2.05) is 0 Å². The lowest BCUT2D eigenvalue weighted by molar-refractivity contribution is 0.242. The molecule has 1 aromatic carbocycles. The van der Waals surface area contributed by atoms with Crippen molar-refractivity contribution in [2.75, 3.05) is 18.0 Å². The molecule has 1 aliphatic heterocycles. The summed E-state index contributed by atoms with van der Waals surface area (Å²) in [5, 5.41) is 0. The van der Waals surface area contributed by atoms with Crippen molar-refractivity contribution >= 4 is 5.69 Å². The summed E-state index contributed by atoms with van der Waals surface area (Å²) in [5.74, 6) is 0.958. The Bertz CT molecular complexity index is 395. The Hall–Kier alpha value is -1.22. The summed E-state index contributed by atoms with van der Waals surface area (Å²) in [7, 11) is 0. The molecule has 0 unspecified atom stereocenters. The van der Waals surface area contributed by atoms with Gasteiger partial charge in [0.1, 0.15) is 5.75 Å². The zero-order chi connectivity index (χ0) is 13.1. The normalized spacial score (nSPS) is 17.3. The highest BCUT2D eigenvalue weighted by Gasteiger charge is 2.17. The average Bonchev–Trinajstić information content (AvgIpc) is 2.30. The molecule has 2 rings (SSSR count). The number of hydrogen-bond donors (Lipinski definition) is 1. The Labute approximate surface area is 110 Å². The molecule has 3 nitrogen and oxygen atoms in total. The number of benzene rings is 1. The van der Waals surface area contributed by atoms with Crippen molar-refractivity contribution in [1.82, 2.24) is 0 Å². The molecule has 2 N–H and O–H groups in total. The molecule has 0 spiro atoms. The minimum absolute atomic E-state index is 0.225. The minimum atomic E-state index is 0.225. The topological polar surface area (TPSA) is 38.5 Å². The number of nitrogens with two attached hydrogens (primary N) is 1. The lowest BCUT2D eigenvalue weighted by atomic mass is 10.0. The second-order valence-corrected chi connectivity index (χ2v) is 5.44. The van der Waals surface area contributed by atoms with Gasteiger partial charge in [-0.1, -0.05) is 0 Å². The number of rotatable bonds is 3. The molecule has 3 heteroatoms. The third-order valence-corrected chi connectivity index (χ3v) is 3.42. The van der Waals surface area contributed by atoms with E-state index < -0.39 is 0 Å². The standard InChI is InChI=1S/C15H24N2O/c1-11(2)18-14-4-5-15(12(3)10-14)17-8-6-13(16)7-9-17/h4-5,10-11,13H,6-9,16H2,1-3H3. The van der Waals surface area contributed by atoms with Gasteiger partial charge in [-0.2, -0.15) is 0 Å². The molecule has 0 amide bonds.